The van der Waals surface area contributed by atoms with E-state index in [2.05, 4.69) is 57.9 Å². The van der Waals surface area contributed by atoms with Gasteiger partial charge in [-0.3, -0.25) is 0 Å². The fraction of sp³-hybridized carbons (Fsp3) is 0.231. The number of hydrogen-bond acceptors (Lipinski definition) is 2. The fourth-order valence-corrected chi connectivity index (χ4v) is 2.47. The van der Waals surface area contributed by atoms with Crippen LogP contribution in [0.5, 0.6) is 0 Å². The maximum atomic E-state index is 5.97. The van der Waals surface area contributed by atoms with Gasteiger partial charge in [-0.05, 0) is 35.3 Å². The van der Waals surface area contributed by atoms with Crippen molar-refractivity contribution in [3.63, 3.8) is 0 Å². The zero-order valence-electron chi connectivity index (χ0n) is 9.97. The van der Waals surface area contributed by atoms with Crippen LogP contribution in [0.4, 0.5) is 0 Å². The molecule has 0 spiro atoms. The summed E-state index contributed by atoms with van der Waals surface area (Å²) in [5.74, 6) is 0.623. The number of nitrogens with zero attached hydrogens (tertiary/aromatic N) is 2. The summed E-state index contributed by atoms with van der Waals surface area (Å²) < 4.78 is 0.537. The van der Waals surface area contributed by atoms with Crippen LogP contribution in [0.1, 0.15) is 22.5 Å². The SMILES string of the molecule is Cc1cc(C)cc(Cc2nc(Cl)c(Br)c(Cl)n2)c1. The molecule has 2 aromatic rings. The minimum atomic E-state index is 0.342. The predicted molar refractivity (Wildman–Crippen MR) is 78.5 cm³/mol. The lowest BCUT2D eigenvalue weighted by Gasteiger charge is -2.06. The number of aryl methyl sites for hydroxylation is 2. The number of rotatable bonds is 2. The van der Waals surface area contributed by atoms with Crippen molar-refractivity contribution < 1.29 is 0 Å². The summed E-state index contributed by atoms with van der Waals surface area (Å²) in [5, 5.41) is 0.684. The molecule has 0 radical (unpaired) electrons. The van der Waals surface area contributed by atoms with Gasteiger partial charge in [0.05, 0.1) is 4.47 Å². The van der Waals surface area contributed by atoms with Gasteiger partial charge in [0.25, 0.3) is 0 Å². The lowest BCUT2D eigenvalue weighted by Crippen LogP contribution is -1.99. The van der Waals surface area contributed by atoms with Gasteiger partial charge in [0.15, 0.2) is 0 Å². The van der Waals surface area contributed by atoms with Gasteiger partial charge >= 0.3 is 0 Å². The molecular formula is C13H11BrCl2N2. The van der Waals surface area contributed by atoms with Crippen molar-refractivity contribution in [3.8, 4) is 0 Å². The van der Waals surface area contributed by atoms with Gasteiger partial charge in [0.2, 0.25) is 0 Å². The Morgan fingerprint density at radius 1 is 1.00 bits per heavy atom. The van der Waals surface area contributed by atoms with E-state index in [4.69, 9.17) is 23.2 Å². The highest BCUT2D eigenvalue weighted by Crippen LogP contribution is 2.27. The standard InChI is InChI=1S/C13H11BrCl2N2/c1-7-3-8(2)5-9(4-7)6-10-17-12(15)11(14)13(16)18-10/h3-5H,6H2,1-2H3. The molecule has 0 aliphatic carbocycles. The van der Waals surface area contributed by atoms with Crippen LogP contribution in [0.25, 0.3) is 0 Å². The normalized spacial score (nSPS) is 10.7. The minimum Gasteiger partial charge on any atom is -0.220 e. The highest BCUT2D eigenvalue weighted by Gasteiger charge is 2.09. The molecule has 0 N–H and O–H groups in total. The third-order valence-electron chi connectivity index (χ3n) is 2.46. The molecule has 18 heavy (non-hydrogen) atoms. The minimum absolute atomic E-state index is 0.342. The Kier molecular flexibility index (Phi) is 4.25. The summed E-state index contributed by atoms with van der Waals surface area (Å²) in [6.45, 7) is 4.14. The van der Waals surface area contributed by atoms with Crippen molar-refractivity contribution in [2.75, 3.05) is 0 Å². The largest absolute Gasteiger partial charge is 0.220 e. The fourth-order valence-electron chi connectivity index (χ4n) is 1.87. The topological polar surface area (TPSA) is 25.8 Å². The van der Waals surface area contributed by atoms with Crippen LogP contribution in [-0.4, -0.2) is 9.97 Å². The van der Waals surface area contributed by atoms with E-state index in [-0.39, 0.29) is 0 Å². The molecule has 2 nitrogen and oxygen atoms in total. The summed E-state index contributed by atoms with van der Waals surface area (Å²) in [6, 6.07) is 6.35. The van der Waals surface area contributed by atoms with E-state index in [0.717, 1.165) is 5.56 Å². The molecule has 1 heterocycles. The summed E-state index contributed by atoms with van der Waals surface area (Å²) in [4.78, 5) is 8.42. The first-order valence-electron chi connectivity index (χ1n) is 5.40. The lowest BCUT2D eigenvalue weighted by atomic mass is 10.0. The highest BCUT2D eigenvalue weighted by molar-refractivity contribution is 9.10. The van der Waals surface area contributed by atoms with Crippen LogP contribution in [0.3, 0.4) is 0 Å². The molecule has 0 atom stereocenters. The van der Waals surface area contributed by atoms with Gasteiger partial charge in [0.1, 0.15) is 16.1 Å². The quantitative estimate of drug-likeness (QED) is 0.734. The lowest BCUT2D eigenvalue weighted by molar-refractivity contribution is 0.960. The van der Waals surface area contributed by atoms with Crippen molar-refractivity contribution in [1.82, 2.24) is 9.97 Å². The van der Waals surface area contributed by atoms with Crippen molar-refractivity contribution in [3.05, 3.63) is 55.5 Å². The first-order valence-corrected chi connectivity index (χ1v) is 6.95. The Labute approximate surface area is 124 Å². The molecule has 0 amide bonds. The second-order valence-electron chi connectivity index (χ2n) is 4.21. The third kappa shape index (κ3) is 3.22. The molecule has 0 saturated heterocycles. The molecule has 0 unspecified atom stereocenters. The smallest absolute Gasteiger partial charge is 0.148 e. The van der Waals surface area contributed by atoms with Crippen molar-refractivity contribution in [2.24, 2.45) is 0 Å². The molecule has 0 bridgehead atoms. The molecule has 0 saturated carbocycles. The average Bonchev–Trinajstić information content (AvgIpc) is 2.24. The van der Waals surface area contributed by atoms with Crippen molar-refractivity contribution in [2.45, 2.75) is 20.3 Å². The summed E-state index contributed by atoms with van der Waals surface area (Å²) in [7, 11) is 0. The van der Waals surface area contributed by atoms with E-state index in [1.165, 1.54) is 11.1 Å². The van der Waals surface area contributed by atoms with Gasteiger partial charge in [-0.2, -0.15) is 0 Å². The van der Waals surface area contributed by atoms with E-state index in [0.29, 0.717) is 27.0 Å². The van der Waals surface area contributed by atoms with Crippen LogP contribution in [0, 0.1) is 13.8 Å². The molecule has 1 aromatic heterocycles. The number of benzene rings is 1. The maximum absolute atomic E-state index is 5.97. The highest BCUT2D eigenvalue weighted by atomic mass is 79.9. The number of hydrogen-bond donors (Lipinski definition) is 0. The Balaban J connectivity index is 2.34. The number of halogens is 3. The zero-order valence-corrected chi connectivity index (χ0v) is 13.1. The Hall–Kier alpha value is -0.640. The third-order valence-corrected chi connectivity index (χ3v) is 4.22. The van der Waals surface area contributed by atoms with E-state index < -0.39 is 0 Å². The van der Waals surface area contributed by atoms with E-state index >= 15 is 0 Å². The van der Waals surface area contributed by atoms with Crippen molar-refractivity contribution in [1.29, 1.82) is 0 Å². The van der Waals surface area contributed by atoms with Crippen LogP contribution in [0.2, 0.25) is 10.3 Å². The molecule has 2 rings (SSSR count). The van der Waals surface area contributed by atoms with Crippen LogP contribution < -0.4 is 0 Å². The summed E-state index contributed by atoms with van der Waals surface area (Å²) >= 11 is 15.2. The second kappa shape index (κ2) is 5.55. The molecule has 0 aliphatic heterocycles. The van der Waals surface area contributed by atoms with Gasteiger partial charge in [-0.25, -0.2) is 9.97 Å². The molecule has 94 valence electrons. The van der Waals surface area contributed by atoms with Gasteiger partial charge < -0.3 is 0 Å². The van der Waals surface area contributed by atoms with E-state index in [9.17, 15) is 0 Å². The Morgan fingerprint density at radius 3 is 2.00 bits per heavy atom. The monoisotopic (exact) mass is 344 g/mol. The molecule has 0 aliphatic rings. The van der Waals surface area contributed by atoms with E-state index in [1.54, 1.807) is 0 Å². The van der Waals surface area contributed by atoms with Crippen LogP contribution in [-0.2, 0) is 6.42 Å². The van der Waals surface area contributed by atoms with E-state index in [1.807, 2.05) is 0 Å². The zero-order chi connectivity index (χ0) is 13.3. The Morgan fingerprint density at radius 2 is 1.50 bits per heavy atom. The predicted octanol–water partition coefficient (Wildman–Crippen LogP) is 4.75. The van der Waals surface area contributed by atoms with Gasteiger partial charge in [-0.1, -0.05) is 52.5 Å². The summed E-state index contributed by atoms with van der Waals surface area (Å²) in [5.41, 5.74) is 3.60. The molecular weight excluding hydrogens is 335 g/mol. The first kappa shape index (κ1) is 13.8. The molecule has 5 heteroatoms. The molecule has 1 aromatic carbocycles. The van der Waals surface area contributed by atoms with Crippen LogP contribution >= 0.6 is 39.1 Å². The average molecular weight is 346 g/mol. The second-order valence-corrected chi connectivity index (χ2v) is 5.72. The molecule has 0 fully saturated rings. The van der Waals surface area contributed by atoms with Gasteiger partial charge in [-0.15, -0.1) is 0 Å². The van der Waals surface area contributed by atoms with Gasteiger partial charge in [0, 0.05) is 6.42 Å². The van der Waals surface area contributed by atoms with Crippen molar-refractivity contribution >= 4 is 39.1 Å². The summed E-state index contributed by atoms with van der Waals surface area (Å²) in [6.07, 6.45) is 0.620. The Bertz CT molecular complexity index is 556. The first-order chi connectivity index (χ1) is 8.45. The number of aromatic nitrogens is 2. The maximum Gasteiger partial charge on any atom is 0.148 e. The van der Waals surface area contributed by atoms with Crippen LogP contribution in [0.15, 0.2) is 22.7 Å².